The van der Waals surface area contributed by atoms with Crippen LogP contribution in [0.3, 0.4) is 0 Å². The zero-order valence-electron chi connectivity index (χ0n) is 12.1. The molecule has 1 aromatic carbocycles. The van der Waals surface area contributed by atoms with Crippen LogP contribution in [0.25, 0.3) is 0 Å². The third-order valence-electron chi connectivity index (χ3n) is 3.23. The topological polar surface area (TPSA) is 74.7 Å². The number of nitrogens with two attached hydrogens (primary N) is 1. The molecule has 2 aromatic rings. The van der Waals surface area contributed by atoms with Crippen LogP contribution < -0.4 is 10.6 Å². The predicted molar refractivity (Wildman–Crippen MR) is 85.1 cm³/mol. The van der Waals surface area contributed by atoms with Gasteiger partial charge in [-0.3, -0.25) is 0 Å². The number of hydrogen-bond donors (Lipinski definition) is 2. The largest absolute Gasteiger partial charge is 0.409 e. The number of para-hydroxylation sites is 1. The van der Waals surface area contributed by atoms with E-state index in [2.05, 4.69) is 22.0 Å². The van der Waals surface area contributed by atoms with Crippen molar-refractivity contribution in [3.63, 3.8) is 0 Å². The average Bonchev–Trinajstić information content (AvgIpc) is 2.56. The van der Waals surface area contributed by atoms with Crippen LogP contribution in [0.1, 0.15) is 25.3 Å². The first-order chi connectivity index (χ1) is 10.3. The highest BCUT2D eigenvalue weighted by Crippen LogP contribution is 2.26. The van der Waals surface area contributed by atoms with E-state index in [0.29, 0.717) is 11.4 Å². The standard InChI is InChI=1S/C16H20N4O/c1-2-3-12-20(13-8-5-4-6-9-13)16-14(15(17)19-21)10-7-11-18-16/h4-11,21H,2-3,12H2,1H3,(H2,17,19). The molecule has 0 spiro atoms. The van der Waals surface area contributed by atoms with Gasteiger partial charge in [0.15, 0.2) is 5.84 Å². The van der Waals surface area contributed by atoms with Crippen LogP contribution in [0.15, 0.2) is 53.8 Å². The number of anilines is 2. The zero-order valence-corrected chi connectivity index (χ0v) is 12.1. The molecule has 5 nitrogen and oxygen atoms in total. The van der Waals surface area contributed by atoms with E-state index >= 15 is 0 Å². The van der Waals surface area contributed by atoms with Crippen molar-refractivity contribution in [3.8, 4) is 0 Å². The average molecular weight is 284 g/mol. The van der Waals surface area contributed by atoms with Crippen LogP contribution in [-0.4, -0.2) is 22.6 Å². The predicted octanol–water partition coefficient (Wildman–Crippen LogP) is 3.11. The van der Waals surface area contributed by atoms with E-state index in [9.17, 15) is 0 Å². The molecule has 110 valence electrons. The SMILES string of the molecule is CCCCN(c1ccccc1)c1ncccc1C(N)=NO. The molecular weight excluding hydrogens is 264 g/mol. The summed E-state index contributed by atoms with van der Waals surface area (Å²) >= 11 is 0. The minimum absolute atomic E-state index is 0.0653. The third-order valence-corrected chi connectivity index (χ3v) is 3.23. The molecule has 0 aliphatic heterocycles. The molecule has 3 N–H and O–H groups in total. The normalized spacial score (nSPS) is 11.4. The maximum atomic E-state index is 8.96. The Morgan fingerprint density at radius 3 is 2.67 bits per heavy atom. The Hall–Kier alpha value is -2.56. The van der Waals surface area contributed by atoms with Gasteiger partial charge in [-0.25, -0.2) is 4.98 Å². The van der Waals surface area contributed by atoms with Gasteiger partial charge in [0.2, 0.25) is 0 Å². The first-order valence-corrected chi connectivity index (χ1v) is 7.03. The second kappa shape index (κ2) is 7.28. The molecule has 0 aliphatic rings. The van der Waals surface area contributed by atoms with Crippen molar-refractivity contribution in [2.75, 3.05) is 11.4 Å². The van der Waals surface area contributed by atoms with E-state index < -0.39 is 0 Å². The summed E-state index contributed by atoms with van der Waals surface area (Å²) < 4.78 is 0. The molecule has 0 amide bonds. The van der Waals surface area contributed by atoms with Crippen molar-refractivity contribution in [1.29, 1.82) is 0 Å². The minimum atomic E-state index is 0.0653. The first-order valence-electron chi connectivity index (χ1n) is 7.03. The van der Waals surface area contributed by atoms with E-state index in [4.69, 9.17) is 10.9 Å². The van der Waals surface area contributed by atoms with E-state index in [0.717, 1.165) is 25.1 Å². The monoisotopic (exact) mass is 284 g/mol. The van der Waals surface area contributed by atoms with Gasteiger partial charge in [0, 0.05) is 18.4 Å². The number of rotatable bonds is 6. The number of unbranched alkanes of at least 4 members (excludes halogenated alkanes) is 1. The van der Waals surface area contributed by atoms with Crippen molar-refractivity contribution in [2.45, 2.75) is 19.8 Å². The van der Waals surface area contributed by atoms with E-state index in [1.807, 2.05) is 30.3 Å². The van der Waals surface area contributed by atoms with Gasteiger partial charge in [0.1, 0.15) is 5.82 Å². The summed E-state index contributed by atoms with van der Waals surface area (Å²) in [6.07, 6.45) is 3.82. The quantitative estimate of drug-likeness (QED) is 0.370. The van der Waals surface area contributed by atoms with Crippen LogP contribution in [0, 0.1) is 0 Å². The van der Waals surface area contributed by atoms with Gasteiger partial charge in [0.25, 0.3) is 0 Å². The van der Waals surface area contributed by atoms with Gasteiger partial charge in [-0.15, -0.1) is 0 Å². The molecule has 21 heavy (non-hydrogen) atoms. The second-order valence-electron chi connectivity index (χ2n) is 4.70. The number of nitrogens with zero attached hydrogens (tertiary/aromatic N) is 3. The number of benzene rings is 1. The Balaban J connectivity index is 2.47. The number of pyridine rings is 1. The van der Waals surface area contributed by atoms with Crippen molar-refractivity contribution in [3.05, 3.63) is 54.2 Å². The van der Waals surface area contributed by atoms with Gasteiger partial charge < -0.3 is 15.8 Å². The molecule has 1 heterocycles. The van der Waals surface area contributed by atoms with Gasteiger partial charge in [-0.2, -0.15) is 0 Å². The van der Waals surface area contributed by atoms with Crippen molar-refractivity contribution < 1.29 is 5.21 Å². The Morgan fingerprint density at radius 1 is 1.24 bits per heavy atom. The maximum Gasteiger partial charge on any atom is 0.173 e. The highest BCUT2D eigenvalue weighted by Gasteiger charge is 2.16. The molecule has 0 fully saturated rings. The van der Waals surface area contributed by atoms with Crippen molar-refractivity contribution in [1.82, 2.24) is 4.98 Å². The summed E-state index contributed by atoms with van der Waals surface area (Å²) in [5, 5.41) is 12.1. The number of aromatic nitrogens is 1. The fourth-order valence-corrected chi connectivity index (χ4v) is 2.15. The molecule has 0 unspecified atom stereocenters. The van der Waals surface area contributed by atoms with E-state index in [1.54, 1.807) is 18.3 Å². The summed E-state index contributed by atoms with van der Waals surface area (Å²) in [6, 6.07) is 13.6. The molecular formula is C16H20N4O. The van der Waals surface area contributed by atoms with E-state index in [-0.39, 0.29) is 5.84 Å². The van der Waals surface area contributed by atoms with Gasteiger partial charge in [0.05, 0.1) is 5.56 Å². The molecule has 1 aromatic heterocycles. The van der Waals surface area contributed by atoms with Gasteiger partial charge >= 0.3 is 0 Å². The summed E-state index contributed by atoms with van der Waals surface area (Å²) in [5.41, 5.74) is 7.44. The Morgan fingerprint density at radius 2 is 2.00 bits per heavy atom. The molecule has 5 heteroatoms. The van der Waals surface area contributed by atoms with Crippen LogP contribution in [0.2, 0.25) is 0 Å². The third kappa shape index (κ3) is 3.51. The Kier molecular flexibility index (Phi) is 5.15. The lowest BCUT2D eigenvalue weighted by molar-refractivity contribution is 0.318. The summed E-state index contributed by atoms with van der Waals surface area (Å²) in [5.74, 6) is 0.767. The number of hydrogen-bond acceptors (Lipinski definition) is 4. The van der Waals surface area contributed by atoms with Crippen LogP contribution >= 0.6 is 0 Å². The smallest absolute Gasteiger partial charge is 0.173 e. The number of amidine groups is 1. The molecule has 0 saturated carbocycles. The number of oxime groups is 1. The molecule has 0 saturated heterocycles. The Labute approximate surface area is 124 Å². The van der Waals surface area contributed by atoms with Crippen molar-refractivity contribution in [2.24, 2.45) is 10.9 Å². The van der Waals surface area contributed by atoms with Crippen LogP contribution in [0.4, 0.5) is 11.5 Å². The van der Waals surface area contributed by atoms with Gasteiger partial charge in [-0.1, -0.05) is 36.7 Å². The van der Waals surface area contributed by atoms with Crippen LogP contribution in [0.5, 0.6) is 0 Å². The first kappa shape index (κ1) is 14.8. The fraction of sp³-hybridized carbons (Fsp3) is 0.250. The van der Waals surface area contributed by atoms with Crippen LogP contribution in [-0.2, 0) is 0 Å². The highest BCUT2D eigenvalue weighted by atomic mass is 16.4. The molecule has 0 atom stereocenters. The lowest BCUT2D eigenvalue weighted by atomic mass is 10.2. The highest BCUT2D eigenvalue weighted by molar-refractivity contribution is 6.02. The van der Waals surface area contributed by atoms with Gasteiger partial charge in [-0.05, 0) is 30.7 Å². The molecule has 0 bridgehead atoms. The molecule has 0 radical (unpaired) electrons. The summed E-state index contributed by atoms with van der Waals surface area (Å²) in [7, 11) is 0. The van der Waals surface area contributed by atoms with E-state index in [1.165, 1.54) is 0 Å². The summed E-state index contributed by atoms with van der Waals surface area (Å²) in [4.78, 5) is 6.53. The van der Waals surface area contributed by atoms with Crippen molar-refractivity contribution >= 4 is 17.3 Å². The maximum absolute atomic E-state index is 8.96. The lowest BCUT2D eigenvalue weighted by Gasteiger charge is -2.25. The lowest BCUT2D eigenvalue weighted by Crippen LogP contribution is -2.24. The zero-order chi connectivity index (χ0) is 15.1. The summed E-state index contributed by atoms with van der Waals surface area (Å²) in [6.45, 7) is 2.97. The fourth-order valence-electron chi connectivity index (χ4n) is 2.15. The molecule has 2 rings (SSSR count). The molecule has 0 aliphatic carbocycles. The Bertz CT molecular complexity index is 598. The second-order valence-corrected chi connectivity index (χ2v) is 4.70. The minimum Gasteiger partial charge on any atom is -0.409 e.